The molecule has 1 unspecified atom stereocenters. The highest BCUT2D eigenvalue weighted by atomic mass is 35.5. The zero-order valence-corrected chi connectivity index (χ0v) is 21.7. The molecule has 1 fully saturated rings. The predicted octanol–water partition coefficient (Wildman–Crippen LogP) is 4.78. The van der Waals surface area contributed by atoms with Crippen molar-refractivity contribution in [3.63, 3.8) is 0 Å². The van der Waals surface area contributed by atoms with Crippen LogP contribution in [0.25, 0.3) is 5.76 Å². The number of methoxy groups -OCH3 is 4. The molecule has 1 amide bonds. The second-order valence-electron chi connectivity index (χ2n) is 8.17. The highest BCUT2D eigenvalue weighted by Gasteiger charge is 2.47. The molecule has 0 saturated carbocycles. The van der Waals surface area contributed by atoms with Crippen molar-refractivity contribution in [2.24, 2.45) is 0 Å². The molecule has 3 aromatic rings. The minimum absolute atomic E-state index is 0.107. The van der Waals surface area contributed by atoms with Crippen molar-refractivity contribution in [3.8, 4) is 17.2 Å². The molecule has 38 heavy (non-hydrogen) atoms. The van der Waals surface area contributed by atoms with Crippen LogP contribution in [0.5, 0.6) is 17.2 Å². The third-order valence-electron chi connectivity index (χ3n) is 6.17. The maximum Gasteiger partial charge on any atom is 0.337 e. The normalized spacial score (nSPS) is 16.3. The van der Waals surface area contributed by atoms with Crippen LogP contribution in [0.15, 0.2) is 66.2 Å². The van der Waals surface area contributed by atoms with Crippen molar-refractivity contribution in [1.29, 1.82) is 0 Å². The number of amides is 1. The summed E-state index contributed by atoms with van der Waals surface area (Å²) in [6, 6.07) is 14.6. The first kappa shape index (κ1) is 26.6. The second-order valence-corrected chi connectivity index (χ2v) is 8.57. The molecule has 0 radical (unpaired) electrons. The summed E-state index contributed by atoms with van der Waals surface area (Å²) in [6.07, 6.45) is 0. The van der Waals surface area contributed by atoms with Crippen molar-refractivity contribution < 1.29 is 38.4 Å². The van der Waals surface area contributed by atoms with E-state index in [-0.39, 0.29) is 27.5 Å². The summed E-state index contributed by atoms with van der Waals surface area (Å²) >= 11 is 6.31. The zero-order valence-electron chi connectivity index (χ0n) is 21.0. The Balaban J connectivity index is 1.94. The summed E-state index contributed by atoms with van der Waals surface area (Å²) in [5.74, 6) is -1.74. The first-order valence-corrected chi connectivity index (χ1v) is 11.7. The molecule has 0 aromatic heterocycles. The Morgan fingerprint density at radius 3 is 2.05 bits per heavy atom. The average molecular weight is 538 g/mol. The van der Waals surface area contributed by atoms with E-state index in [4.69, 9.17) is 30.5 Å². The Morgan fingerprint density at radius 2 is 1.50 bits per heavy atom. The van der Waals surface area contributed by atoms with Gasteiger partial charge in [0.15, 0.2) is 0 Å². The Kier molecular flexibility index (Phi) is 7.59. The van der Waals surface area contributed by atoms with E-state index in [1.807, 2.05) is 0 Å². The van der Waals surface area contributed by atoms with Crippen LogP contribution >= 0.6 is 11.6 Å². The fourth-order valence-electron chi connectivity index (χ4n) is 4.27. The van der Waals surface area contributed by atoms with Crippen molar-refractivity contribution in [2.75, 3.05) is 33.3 Å². The van der Waals surface area contributed by atoms with Gasteiger partial charge < -0.3 is 24.1 Å². The van der Waals surface area contributed by atoms with Crippen LogP contribution in [0.2, 0.25) is 5.02 Å². The van der Waals surface area contributed by atoms with Crippen molar-refractivity contribution in [1.82, 2.24) is 0 Å². The Hall–Kier alpha value is -4.50. The fraction of sp³-hybridized carbons (Fsp3) is 0.179. The topological polar surface area (TPSA) is 112 Å². The number of halogens is 1. The van der Waals surface area contributed by atoms with Gasteiger partial charge in [-0.25, -0.2) is 4.79 Å². The van der Waals surface area contributed by atoms with Crippen molar-refractivity contribution >= 4 is 40.7 Å². The molecule has 1 N–H and O–H groups in total. The number of esters is 1. The van der Waals surface area contributed by atoms with Crippen LogP contribution in [0, 0.1) is 0 Å². The van der Waals surface area contributed by atoms with Gasteiger partial charge in [-0.2, -0.15) is 0 Å². The predicted molar refractivity (Wildman–Crippen MR) is 140 cm³/mol. The Morgan fingerprint density at radius 1 is 0.868 bits per heavy atom. The first-order chi connectivity index (χ1) is 18.2. The Labute approximate surface area is 223 Å². The van der Waals surface area contributed by atoms with Crippen molar-refractivity contribution in [2.45, 2.75) is 6.04 Å². The molecule has 1 saturated heterocycles. The molecule has 1 aliphatic heterocycles. The van der Waals surface area contributed by atoms with Crippen LogP contribution in [-0.2, 0) is 14.3 Å². The van der Waals surface area contributed by atoms with Gasteiger partial charge in [-0.3, -0.25) is 14.5 Å². The maximum atomic E-state index is 13.4. The lowest BCUT2D eigenvalue weighted by Gasteiger charge is -2.26. The number of ketones is 1. The maximum absolute atomic E-state index is 13.4. The number of anilines is 1. The van der Waals surface area contributed by atoms with E-state index >= 15 is 0 Å². The van der Waals surface area contributed by atoms with Gasteiger partial charge in [0.05, 0.1) is 56.2 Å². The lowest BCUT2D eigenvalue weighted by molar-refractivity contribution is -0.132. The lowest BCUT2D eigenvalue weighted by atomic mass is 9.94. The summed E-state index contributed by atoms with van der Waals surface area (Å²) in [7, 11) is 5.60. The number of aliphatic hydroxyl groups is 1. The van der Waals surface area contributed by atoms with Crippen LogP contribution in [0.3, 0.4) is 0 Å². The third kappa shape index (κ3) is 4.64. The number of ether oxygens (including phenoxy) is 4. The molecule has 0 spiro atoms. The standard InChI is InChI=1S/C28H24ClNO8/c1-35-18-11-7-15(8-12-18)24-23(25(31)19-13-20(29)22(37-3)14-21(19)36-2)26(32)27(33)30(24)17-9-5-16(6-10-17)28(34)38-4/h5-14,24,31H,1-4H3/b25-23+. The molecule has 10 heteroatoms. The number of rotatable bonds is 7. The van der Waals surface area contributed by atoms with Gasteiger partial charge in [0.1, 0.15) is 23.0 Å². The summed E-state index contributed by atoms with van der Waals surface area (Å²) in [6.45, 7) is 0. The molecule has 1 heterocycles. The largest absolute Gasteiger partial charge is 0.507 e. The van der Waals surface area contributed by atoms with E-state index in [1.165, 1.54) is 69.7 Å². The number of Topliss-reactive ketones (excluding diaryl/α,β-unsaturated/α-hetero) is 1. The molecule has 3 aromatic carbocycles. The summed E-state index contributed by atoms with van der Waals surface area (Å²) in [5, 5.41) is 11.6. The van der Waals surface area contributed by atoms with E-state index in [0.717, 1.165) is 0 Å². The minimum Gasteiger partial charge on any atom is -0.507 e. The smallest absolute Gasteiger partial charge is 0.337 e. The lowest BCUT2D eigenvalue weighted by Crippen LogP contribution is -2.29. The molecular formula is C28H24ClNO8. The van der Waals surface area contributed by atoms with Crippen LogP contribution < -0.4 is 19.1 Å². The number of nitrogens with zero attached hydrogens (tertiary/aromatic N) is 1. The van der Waals surface area contributed by atoms with Crippen LogP contribution in [-0.4, -0.2) is 51.2 Å². The van der Waals surface area contributed by atoms with Gasteiger partial charge in [-0.1, -0.05) is 23.7 Å². The summed E-state index contributed by atoms with van der Waals surface area (Å²) < 4.78 is 20.6. The van der Waals surface area contributed by atoms with E-state index in [9.17, 15) is 19.5 Å². The molecule has 1 aliphatic rings. The van der Waals surface area contributed by atoms with Gasteiger partial charge in [0.2, 0.25) is 0 Å². The number of carbonyl (C=O) groups excluding carboxylic acids is 3. The second kappa shape index (κ2) is 10.9. The number of hydrogen-bond acceptors (Lipinski definition) is 8. The molecule has 0 bridgehead atoms. The third-order valence-corrected chi connectivity index (χ3v) is 6.47. The fourth-order valence-corrected chi connectivity index (χ4v) is 4.51. The SMILES string of the molecule is COC(=O)c1ccc(N2C(=O)C(=O)/C(=C(/O)c3cc(Cl)c(OC)cc3OC)C2c2ccc(OC)cc2)cc1. The summed E-state index contributed by atoms with van der Waals surface area (Å²) in [5.41, 5.74) is 1.07. The Bertz CT molecular complexity index is 1430. The highest BCUT2D eigenvalue weighted by molar-refractivity contribution is 6.51. The highest BCUT2D eigenvalue weighted by Crippen LogP contribution is 2.45. The zero-order chi connectivity index (χ0) is 27.6. The van der Waals surface area contributed by atoms with E-state index in [0.29, 0.717) is 22.7 Å². The van der Waals surface area contributed by atoms with Crippen LogP contribution in [0.1, 0.15) is 27.5 Å². The molecule has 4 rings (SSSR count). The quantitative estimate of drug-likeness (QED) is 0.198. The molecular weight excluding hydrogens is 514 g/mol. The van der Waals surface area contributed by atoms with Gasteiger partial charge in [-0.15, -0.1) is 0 Å². The molecule has 196 valence electrons. The number of benzene rings is 3. The van der Waals surface area contributed by atoms with Crippen molar-refractivity contribution in [3.05, 3.63) is 87.9 Å². The van der Waals surface area contributed by atoms with Gasteiger partial charge in [-0.05, 0) is 48.0 Å². The van der Waals surface area contributed by atoms with E-state index < -0.39 is 29.5 Å². The molecule has 1 atom stereocenters. The van der Waals surface area contributed by atoms with Gasteiger partial charge in [0, 0.05) is 11.8 Å². The number of carbonyl (C=O) groups is 3. The monoisotopic (exact) mass is 537 g/mol. The first-order valence-electron chi connectivity index (χ1n) is 11.3. The molecule has 9 nitrogen and oxygen atoms in total. The summed E-state index contributed by atoms with van der Waals surface area (Å²) in [4.78, 5) is 40.0. The number of hydrogen-bond donors (Lipinski definition) is 1. The minimum atomic E-state index is -1.02. The van der Waals surface area contributed by atoms with Crippen LogP contribution in [0.4, 0.5) is 5.69 Å². The van der Waals surface area contributed by atoms with Gasteiger partial charge in [0.25, 0.3) is 11.7 Å². The van der Waals surface area contributed by atoms with E-state index in [2.05, 4.69) is 0 Å². The molecule has 0 aliphatic carbocycles. The number of aliphatic hydroxyl groups excluding tert-OH is 1. The average Bonchev–Trinajstić information content (AvgIpc) is 3.22. The van der Waals surface area contributed by atoms with Gasteiger partial charge >= 0.3 is 5.97 Å². The van der Waals surface area contributed by atoms with E-state index in [1.54, 1.807) is 24.3 Å².